The van der Waals surface area contributed by atoms with Crippen molar-refractivity contribution in [2.75, 3.05) is 0 Å². The number of carbonyl (C=O) groups is 1. The first-order valence-electron chi connectivity index (χ1n) is 10.4. The van der Waals surface area contributed by atoms with Crippen molar-refractivity contribution in [1.82, 2.24) is 24.6 Å². The van der Waals surface area contributed by atoms with Crippen molar-refractivity contribution in [3.8, 4) is 11.3 Å². The zero-order chi connectivity index (χ0) is 20.2. The van der Waals surface area contributed by atoms with Gasteiger partial charge in [-0.1, -0.05) is 36.4 Å². The summed E-state index contributed by atoms with van der Waals surface area (Å²) >= 11 is 0. The molecule has 2 atom stereocenters. The van der Waals surface area contributed by atoms with Gasteiger partial charge in [0.15, 0.2) is 0 Å². The van der Waals surface area contributed by atoms with E-state index in [1.165, 1.54) is 16.8 Å². The first-order valence-corrected chi connectivity index (χ1v) is 10.4. The molecule has 0 N–H and O–H groups in total. The number of hydrogen-bond acceptors (Lipinski definition) is 4. The molecule has 0 saturated carbocycles. The van der Waals surface area contributed by atoms with Crippen LogP contribution >= 0.6 is 0 Å². The lowest BCUT2D eigenvalue weighted by molar-refractivity contribution is 0.0644. The number of hydrogen-bond donors (Lipinski definition) is 0. The molecular weight excluding hydrogens is 374 g/mol. The maximum Gasteiger partial charge on any atom is 0.256 e. The first-order chi connectivity index (χ1) is 14.7. The van der Waals surface area contributed by atoms with Crippen LogP contribution in [0.1, 0.15) is 40.5 Å². The summed E-state index contributed by atoms with van der Waals surface area (Å²) in [5, 5.41) is 4.89. The van der Waals surface area contributed by atoms with Gasteiger partial charge in [-0.3, -0.25) is 19.4 Å². The molecule has 6 heteroatoms. The van der Waals surface area contributed by atoms with Crippen molar-refractivity contribution in [3.05, 3.63) is 77.7 Å². The molecule has 6 nitrogen and oxygen atoms in total. The Bertz CT molecular complexity index is 1270. The summed E-state index contributed by atoms with van der Waals surface area (Å²) in [5.41, 5.74) is 6.73. The molecule has 2 bridgehead atoms. The average Bonchev–Trinajstić information content (AvgIpc) is 3.30. The van der Waals surface area contributed by atoms with E-state index in [9.17, 15) is 4.79 Å². The fraction of sp³-hybridized carbons (Fsp3) is 0.250. The average molecular weight is 395 g/mol. The number of aryl methyl sites for hydroxylation is 1. The van der Waals surface area contributed by atoms with Gasteiger partial charge in [-0.25, -0.2) is 0 Å². The lowest BCUT2D eigenvalue weighted by Gasteiger charge is -2.34. The maximum absolute atomic E-state index is 13.7. The molecule has 0 spiro atoms. The molecule has 4 heterocycles. The normalized spacial score (nSPS) is 19.8. The summed E-state index contributed by atoms with van der Waals surface area (Å²) < 4.78 is 1.98. The van der Waals surface area contributed by atoms with E-state index in [2.05, 4.69) is 34.2 Å². The van der Waals surface area contributed by atoms with Crippen molar-refractivity contribution >= 4 is 16.9 Å². The van der Waals surface area contributed by atoms with Crippen LogP contribution in [-0.4, -0.2) is 36.6 Å². The molecule has 2 unspecified atom stereocenters. The number of aromatic nitrogens is 4. The van der Waals surface area contributed by atoms with Crippen molar-refractivity contribution in [2.45, 2.75) is 31.3 Å². The Balaban J connectivity index is 1.44. The highest BCUT2D eigenvalue weighted by atomic mass is 16.2. The van der Waals surface area contributed by atoms with Crippen LogP contribution in [0.2, 0.25) is 0 Å². The summed E-state index contributed by atoms with van der Waals surface area (Å²) in [5.74, 6) is 0.0335. The standard InChI is InChI=1S/C24H21N5O/c1-28-23(15-6-3-2-4-7-15)18-14-16-10-11-20(22(18)27-28)29(16)24(30)17-8-5-9-19-21(17)26-13-12-25-19/h2-9,12-13,16,20H,10-11,14H2,1H3. The maximum atomic E-state index is 13.7. The predicted molar refractivity (Wildman–Crippen MR) is 114 cm³/mol. The lowest BCUT2D eigenvalue weighted by atomic mass is 9.94. The fourth-order valence-corrected chi connectivity index (χ4v) is 5.21. The van der Waals surface area contributed by atoms with Crippen LogP contribution in [-0.2, 0) is 13.5 Å². The van der Waals surface area contributed by atoms with Crippen LogP contribution in [0.4, 0.5) is 0 Å². The van der Waals surface area contributed by atoms with Gasteiger partial charge in [0.05, 0.1) is 28.5 Å². The Kier molecular flexibility index (Phi) is 3.75. The van der Waals surface area contributed by atoms with E-state index in [0.717, 1.165) is 30.5 Å². The van der Waals surface area contributed by atoms with Crippen molar-refractivity contribution in [2.24, 2.45) is 7.05 Å². The molecule has 1 amide bonds. The molecule has 2 aliphatic heterocycles. The molecule has 1 saturated heterocycles. The van der Waals surface area contributed by atoms with Crippen LogP contribution in [0, 0.1) is 0 Å². The van der Waals surface area contributed by atoms with Gasteiger partial charge in [0.25, 0.3) is 5.91 Å². The summed E-state index contributed by atoms with van der Waals surface area (Å²) in [4.78, 5) is 24.5. The summed E-state index contributed by atoms with van der Waals surface area (Å²) in [6, 6.07) is 16.3. The second kappa shape index (κ2) is 6.49. The monoisotopic (exact) mass is 395 g/mol. The Morgan fingerprint density at radius 2 is 1.83 bits per heavy atom. The van der Waals surface area contributed by atoms with E-state index in [-0.39, 0.29) is 18.0 Å². The zero-order valence-electron chi connectivity index (χ0n) is 16.7. The van der Waals surface area contributed by atoms with Crippen LogP contribution in [0.5, 0.6) is 0 Å². The molecule has 4 aromatic rings. The number of rotatable bonds is 2. The second-order valence-electron chi connectivity index (χ2n) is 8.10. The summed E-state index contributed by atoms with van der Waals surface area (Å²) in [7, 11) is 2.00. The Morgan fingerprint density at radius 3 is 2.70 bits per heavy atom. The van der Waals surface area contributed by atoms with E-state index in [1.54, 1.807) is 12.4 Å². The SMILES string of the molecule is Cn1nc2c(c1-c1ccccc1)CC1CCC2N1C(=O)c1cccc2nccnc12. The van der Waals surface area contributed by atoms with Gasteiger partial charge in [0.1, 0.15) is 5.52 Å². The minimum atomic E-state index is 0.0156. The Labute approximate surface area is 174 Å². The van der Waals surface area contributed by atoms with E-state index in [0.29, 0.717) is 11.1 Å². The highest BCUT2D eigenvalue weighted by Gasteiger charge is 2.46. The van der Waals surface area contributed by atoms with Crippen molar-refractivity contribution in [1.29, 1.82) is 0 Å². The number of benzene rings is 2. The topological polar surface area (TPSA) is 63.9 Å². The third kappa shape index (κ3) is 2.43. The first kappa shape index (κ1) is 17.3. The van der Waals surface area contributed by atoms with Gasteiger partial charge in [0.2, 0.25) is 0 Å². The summed E-state index contributed by atoms with van der Waals surface area (Å²) in [6.07, 6.45) is 6.09. The molecule has 1 fully saturated rings. The minimum Gasteiger partial charge on any atom is -0.327 e. The second-order valence-corrected chi connectivity index (χ2v) is 8.10. The van der Waals surface area contributed by atoms with E-state index in [1.807, 2.05) is 40.9 Å². The van der Waals surface area contributed by atoms with Gasteiger partial charge in [-0.05, 0) is 31.4 Å². The Morgan fingerprint density at radius 1 is 1.00 bits per heavy atom. The number of amides is 1. The van der Waals surface area contributed by atoms with E-state index in [4.69, 9.17) is 5.10 Å². The van der Waals surface area contributed by atoms with Gasteiger partial charge in [-0.15, -0.1) is 0 Å². The quantitative estimate of drug-likeness (QED) is 0.516. The van der Waals surface area contributed by atoms with Gasteiger partial charge in [0, 0.05) is 36.6 Å². The molecule has 6 rings (SSSR count). The smallest absolute Gasteiger partial charge is 0.256 e. The fourth-order valence-electron chi connectivity index (χ4n) is 5.21. The molecule has 0 aliphatic carbocycles. The van der Waals surface area contributed by atoms with Crippen LogP contribution in [0.3, 0.4) is 0 Å². The Hall–Kier alpha value is -3.54. The number of para-hydroxylation sites is 1. The largest absolute Gasteiger partial charge is 0.327 e. The zero-order valence-corrected chi connectivity index (χ0v) is 16.7. The predicted octanol–water partition coefficient (Wildman–Crippen LogP) is 3.93. The van der Waals surface area contributed by atoms with Crippen molar-refractivity contribution in [3.63, 3.8) is 0 Å². The van der Waals surface area contributed by atoms with E-state index < -0.39 is 0 Å². The molecule has 2 aliphatic rings. The minimum absolute atomic E-state index is 0.0156. The molecular formula is C24H21N5O. The lowest BCUT2D eigenvalue weighted by Crippen LogP contribution is -2.42. The third-order valence-electron chi connectivity index (χ3n) is 6.45. The van der Waals surface area contributed by atoms with Crippen LogP contribution in [0.25, 0.3) is 22.3 Å². The molecule has 148 valence electrons. The van der Waals surface area contributed by atoms with Gasteiger partial charge >= 0.3 is 0 Å². The highest BCUT2D eigenvalue weighted by Crippen LogP contribution is 2.46. The molecule has 0 radical (unpaired) electrons. The van der Waals surface area contributed by atoms with Gasteiger partial charge in [-0.2, -0.15) is 5.10 Å². The number of carbonyl (C=O) groups excluding carboxylic acids is 1. The number of fused-ring (bicyclic) bond motifs is 5. The van der Waals surface area contributed by atoms with E-state index >= 15 is 0 Å². The number of nitrogens with zero attached hydrogens (tertiary/aromatic N) is 5. The summed E-state index contributed by atoms with van der Waals surface area (Å²) in [6.45, 7) is 0. The molecule has 2 aromatic carbocycles. The highest BCUT2D eigenvalue weighted by molar-refractivity contribution is 6.05. The van der Waals surface area contributed by atoms with Gasteiger partial charge < -0.3 is 4.90 Å². The van der Waals surface area contributed by atoms with Crippen LogP contribution < -0.4 is 0 Å². The molecule has 2 aromatic heterocycles. The molecule has 30 heavy (non-hydrogen) atoms. The third-order valence-corrected chi connectivity index (χ3v) is 6.45. The van der Waals surface area contributed by atoms with Crippen molar-refractivity contribution < 1.29 is 4.79 Å². The van der Waals surface area contributed by atoms with Crippen LogP contribution in [0.15, 0.2) is 60.9 Å².